The first-order valence-electron chi connectivity index (χ1n) is 6.40. The normalized spacial score (nSPS) is 18.8. The largest absolute Gasteiger partial charge is 0.480 e. The predicted octanol–water partition coefficient (Wildman–Crippen LogP) is 0.922. The molecular formula is C14H16N2O4. The fourth-order valence-electron chi connectivity index (χ4n) is 2.68. The highest BCUT2D eigenvalue weighted by Crippen LogP contribution is 2.37. The summed E-state index contributed by atoms with van der Waals surface area (Å²) in [5.74, 6) is -2.32. The van der Waals surface area contributed by atoms with Crippen molar-refractivity contribution in [1.82, 2.24) is 4.90 Å². The Bertz CT molecular complexity index is 570. The summed E-state index contributed by atoms with van der Waals surface area (Å²) in [6.07, 6.45) is 0.191. The number of benzene rings is 1. The molecular weight excluding hydrogens is 260 g/mol. The van der Waals surface area contributed by atoms with Gasteiger partial charge in [-0.25, -0.2) is 4.79 Å². The first-order valence-corrected chi connectivity index (χ1v) is 6.40. The number of carbonyl (C=O) groups excluding carboxylic acids is 2. The second-order valence-corrected chi connectivity index (χ2v) is 4.75. The third kappa shape index (κ3) is 2.24. The van der Waals surface area contributed by atoms with E-state index in [1.54, 1.807) is 12.1 Å². The second kappa shape index (κ2) is 5.32. The third-order valence-electron chi connectivity index (χ3n) is 3.52. The SMILES string of the molecule is CCC1c2ccccc2C(=O)N1C(CC(N)=O)C(=O)O. The summed E-state index contributed by atoms with van der Waals surface area (Å²) in [7, 11) is 0. The van der Waals surface area contributed by atoms with Crippen LogP contribution in [0.2, 0.25) is 0 Å². The molecule has 0 saturated heterocycles. The molecule has 3 N–H and O–H groups in total. The van der Waals surface area contributed by atoms with Gasteiger partial charge in [-0.15, -0.1) is 0 Å². The first kappa shape index (κ1) is 14.0. The van der Waals surface area contributed by atoms with E-state index in [9.17, 15) is 19.5 Å². The van der Waals surface area contributed by atoms with Gasteiger partial charge in [0.25, 0.3) is 5.91 Å². The summed E-state index contributed by atoms with van der Waals surface area (Å²) in [4.78, 5) is 36.1. The molecule has 1 aliphatic rings. The lowest BCUT2D eigenvalue weighted by molar-refractivity contribution is -0.145. The minimum absolute atomic E-state index is 0.334. The maximum absolute atomic E-state index is 12.4. The van der Waals surface area contributed by atoms with Crippen LogP contribution in [0.15, 0.2) is 24.3 Å². The van der Waals surface area contributed by atoms with Gasteiger partial charge in [-0.1, -0.05) is 25.1 Å². The smallest absolute Gasteiger partial charge is 0.326 e. The van der Waals surface area contributed by atoms with E-state index in [1.165, 1.54) is 4.90 Å². The van der Waals surface area contributed by atoms with Crippen LogP contribution in [-0.4, -0.2) is 33.8 Å². The number of amides is 2. The Morgan fingerprint density at radius 3 is 2.60 bits per heavy atom. The minimum Gasteiger partial charge on any atom is -0.480 e. The lowest BCUT2D eigenvalue weighted by Crippen LogP contribution is -2.45. The van der Waals surface area contributed by atoms with Crippen molar-refractivity contribution < 1.29 is 19.5 Å². The number of carboxylic acid groups (broad SMARTS) is 1. The number of nitrogens with zero attached hydrogens (tertiary/aromatic N) is 1. The Morgan fingerprint density at radius 1 is 1.40 bits per heavy atom. The zero-order valence-corrected chi connectivity index (χ0v) is 11.1. The van der Waals surface area contributed by atoms with Gasteiger partial charge < -0.3 is 15.7 Å². The van der Waals surface area contributed by atoms with Crippen molar-refractivity contribution in [2.45, 2.75) is 31.8 Å². The molecule has 0 bridgehead atoms. The number of hydrogen-bond donors (Lipinski definition) is 2. The summed E-state index contributed by atoms with van der Waals surface area (Å²) < 4.78 is 0. The first-order chi connectivity index (χ1) is 9.47. The molecule has 1 aromatic carbocycles. The van der Waals surface area contributed by atoms with Gasteiger partial charge in [0, 0.05) is 5.56 Å². The summed E-state index contributed by atoms with van der Waals surface area (Å²) in [6, 6.07) is 5.46. The van der Waals surface area contributed by atoms with Crippen molar-refractivity contribution in [3.63, 3.8) is 0 Å². The van der Waals surface area contributed by atoms with Gasteiger partial charge in [-0.2, -0.15) is 0 Å². The molecule has 0 fully saturated rings. The van der Waals surface area contributed by atoms with Gasteiger partial charge >= 0.3 is 5.97 Å². The van der Waals surface area contributed by atoms with E-state index in [-0.39, 0.29) is 18.4 Å². The lowest BCUT2D eigenvalue weighted by atomic mass is 10.0. The molecule has 2 rings (SSSR count). The highest BCUT2D eigenvalue weighted by molar-refractivity contribution is 6.01. The van der Waals surface area contributed by atoms with E-state index in [4.69, 9.17) is 5.73 Å². The molecule has 2 unspecified atom stereocenters. The second-order valence-electron chi connectivity index (χ2n) is 4.75. The van der Waals surface area contributed by atoms with E-state index in [0.717, 1.165) is 5.56 Å². The molecule has 0 aliphatic carbocycles. The third-order valence-corrected chi connectivity index (χ3v) is 3.52. The molecule has 2 atom stereocenters. The fourth-order valence-corrected chi connectivity index (χ4v) is 2.68. The van der Waals surface area contributed by atoms with Crippen LogP contribution in [0.3, 0.4) is 0 Å². The molecule has 1 aromatic rings. The maximum Gasteiger partial charge on any atom is 0.326 e. The molecule has 0 saturated carbocycles. The molecule has 6 heteroatoms. The van der Waals surface area contributed by atoms with Crippen molar-refractivity contribution in [3.05, 3.63) is 35.4 Å². The summed E-state index contributed by atoms with van der Waals surface area (Å²) >= 11 is 0. The monoisotopic (exact) mass is 276 g/mol. The van der Waals surface area contributed by atoms with Gasteiger partial charge in [0.05, 0.1) is 12.5 Å². The average molecular weight is 276 g/mol. The van der Waals surface area contributed by atoms with E-state index in [0.29, 0.717) is 12.0 Å². The van der Waals surface area contributed by atoms with Crippen molar-refractivity contribution in [2.75, 3.05) is 0 Å². The highest BCUT2D eigenvalue weighted by atomic mass is 16.4. The maximum atomic E-state index is 12.4. The van der Waals surface area contributed by atoms with Gasteiger partial charge in [0.2, 0.25) is 5.91 Å². The van der Waals surface area contributed by atoms with Crippen LogP contribution in [0.4, 0.5) is 0 Å². The molecule has 1 aliphatic heterocycles. The zero-order valence-electron chi connectivity index (χ0n) is 11.1. The van der Waals surface area contributed by atoms with E-state index < -0.39 is 17.9 Å². The number of hydrogen-bond acceptors (Lipinski definition) is 3. The summed E-state index contributed by atoms with van der Waals surface area (Å²) in [5.41, 5.74) is 6.39. The molecule has 106 valence electrons. The Hall–Kier alpha value is -2.37. The van der Waals surface area contributed by atoms with Crippen LogP contribution in [0.1, 0.15) is 41.7 Å². The van der Waals surface area contributed by atoms with Crippen LogP contribution in [-0.2, 0) is 9.59 Å². The fraction of sp³-hybridized carbons (Fsp3) is 0.357. The molecule has 1 heterocycles. The van der Waals surface area contributed by atoms with Crippen molar-refractivity contribution in [1.29, 1.82) is 0 Å². The number of nitrogens with two attached hydrogens (primary N) is 1. The van der Waals surface area contributed by atoms with E-state index >= 15 is 0 Å². The van der Waals surface area contributed by atoms with Crippen LogP contribution >= 0.6 is 0 Å². The Kier molecular flexibility index (Phi) is 3.74. The van der Waals surface area contributed by atoms with E-state index in [1.807, 2.05) is 19.1 Å². The molecule has 6 nitrogen and oxygen atoms in total. The average Bonchev–Trinajstić information content (AvgIpc) is 2.68. The Labute approximate surface area is 116 Å². The Morgan fingerprint density at radius 2 is 2.05 bits per heavy atom. The Balaban J connectivity index is 2.43. The molecule has 20 heavy (non-hydrogen) atoms. The summed E-state index contributed by atoms with van der Waals surface area (Å²) in [6.45, 7) is 1.87. The molecule has 0 aromatic heterocycles. The van der Waals surface area contributed by atoms with Gasteiger partial charge in [-0.3, -0.25) is 9.59 Å². The van der Waals surface area contributed by atoms with Crippen LogP contribution in [0.25, 0.3) is 0 Å². The lowest BCUT2D eigenvalue weighted by Gasteiger charge is -2.29. The molecule has 0 radical (unpaired) electrons. The van der Waals surface area contributed by atoms with Crippen LogP contribution in [0.5, 0.6) is 0 Å². The topological polar surface area (TPSA) is 101 Å². The van der Waals surface area contributed by atoms with Crippen LogP contribution < -0.4 is 5.73 Å². The predicted molar refractivity (Wildman–Crippen MR) is 70.9 cm³/mol. The minimum atomic E-state index is -1.22. The molecule has 0 spiro atoms. The van der Waals surface area contributed by atoms with Gasteiger partial charge in [-0.05, 0) is 18.1 Å². The highest BCUT2D eigenvalue weighted by Gasteiger charge is 2.42. The number of carbonyl (C=O) groups is 3. The quantitative estimate of drug-likeness (QED) is 0.835. The molecule has 2 amide bonds. The van der Waals surface area contributed by atoms with E-state index in [2.05, 4.69) is 0 Å². The number of fused-ring (bicyclic) bond motifs is 1. The van der Waals surface area contributed by atoms with Gasteiger partial charge in [0.1, 0.15) is 6.04 Å². The van der Waals surface area contributed by atoms with Crippen molar-refractivity contribution >= 4 is 17.8 Å². The van der Waals surface area contributed by atoms with Crippen molar-refractivity contribution in [3.8, 4) is 0 Å². The van der Waals surface area contributed by atoms with Gasteiger partial charge in [0.15, 0.2) is 0 Å². The summed E-state index contributed by atoms with van der Waals surface area (Å²) in [5, 5.41) is 9.29. The number of carboxylic acids is 1. The number of rotatable bonds is 5. The van der Waals surface area contributed by atoms with Crippen molar-refractivity contribution in [2.24, 2.45) is 5.73 Å². The number of aliphatic carboxylic acids is 1. The van der Waals surface area contributed by atoms with Crippen LogP contribution in [0, 0.1) is 0 Å². The number of primary amides is 1. The zero-order chi connectivity index (χ0) is 14.9. The standard InChI is InChI=1S/C14H16N2O4/c1-2-10-8-5-3-4-6-9(8)13(18)16(10)11(14(19)20)7-12(15)17/h3-6,10-11H,2,7H2,1H3,(H2,15,17)(H,19,20).